The van der Waals surface area contributed by atoms with Crippen LogP contribution in [-0.2, 0) is 9.53 Å². The molecule has 2 rings (SSSR count). The zero-order chi connectivity index (χ0) is 14.7. The van der Waals surface area contributed by atoms with Crippen molar-refractivity contribution in [2.45, 2.75) is 38.5 Å². The average Bonchev–Trinajstić information content (AvgIpc) is 2.85. The Bertz CT molecular complexity index is 463. The Morgan fingerprint density at radius 1 is 1.45 bits per heavy atom. The first-order chi connectivity index (χ1) is 9.49. The number of hydrogen-bond acceptors (Lipinski definition) is 3. The molecule has 4 unspecified atom stereocenters. The van der Waals surface area contributed by atoms with E-state index in [1.807, 2.05) is 38.1 Å². The monoisotopic (exact) mass is 341 g/mol. The Kier molecular flexibility index (Phi) is 5.18. The summed E-state index contributed by atoms with van der Waals surface area (Å²) < 4.78 is 6.36. The third-order valence-electron chi connectivity index (χ3n) is 3.77. The molecule has 0 bridgehead atoms. The van der Waals surface area contributed by atoms with Crippen molar-refractivity contribution in [3.05, 3.63) is 34.3 Å². The van der Waals surface area contributed by atoms with E-state index < -0.39 is 6.10 Å². The summed E-state index contributed by atoms with van der Waals surface area (Å²) in [4.78, 5) is 12.1. The predicted octanol–water partition coefficient (Wildman–Crippen LogP) is 2.41. The van der Waals surface area contributed by atoms with Crippen molar-refractivity contribution in [3.63, 3.8) is 0 Å². The summed E-state index contributed by atoms with van der Waals surface area (Å²) in [6.45, 7) is 4.35. The molecule has 1 aliphatic rings. The number of benzene rings is 1. The van der Waals surface area contributed by atoms with Crippen molar-refractivity contribution >= 4 is 21.8 Å². The molecule has 4 atom stereocenters. The van der Waals surface area contributed by atoms with E-state index in [1.165, 1.54) is 0 Å². The van der Waals surface area contributed by atoms with Gasteiger partial charge in [-0.3, -0.25) is 4.79 Å². The number of nitrogens with one attached hydrogen (secondary N) is 1. The number of halogens is 1. The molecule has 1 heterocycles. The van der Waals surface area contributed by atoms with Crippen LogP contribution in [0.1, 0.15) is 31.9 Å². The lowest BCUT2D eigenvalue weighted by molar-refractivity contribution is -0.127. The van der Waals surface area contributed by atoms with E-state index in [0.29, 0.717) is 6.61 Å². The van der Waals surface area contributed by atoms with Crippen LogP contribution in [0, 0.1) is 5.92 Å². The Morgan fingerprint density at radius 3 is 2.65 bits per heavy atom. The second-order valence-corrected chi connectivity index (χ2v) is 6.18. The molecule has 1 aromatic rings. The van der Waals surface area contributed by atoms with Gasteiger partial charge in [0, 0.05) is 11.1 Å². The van der Waals surface area contributed by atoms with E-state index in [1.54, 1.807) is 0 Å². The van der Waals surface area contributed by atoms with Crippen molar-refractivity contribution in [2.75, 3.05) is 6.61 Å². The van der Waals surface area contributed by atoms with Gasteiger partial charge in [0.15, 0.2) is 0 Å². The van der Waals surface area contributed by atoms with Gasteiger partial charge in [-0.2, -0.15) is 0 Å². The highest BCUT2D eigenvalue weighted by Crippen LogP contribution is 2.23. The number of hydrogen-bond donors (Lipinski definition) is 2. The SMILES string of the molecule is CC(NC(=O)C1CCOC1C)C(O)c1ccc(Br)cc1. The topological polar surface area (TPSA) is 58.6 Å². The van der Waals surface area contributed by atoms with Gasteiger partial charge in [-0.05, 0) is 38.0 Å². The Hall–Kier alpha value is -0.910. The molecule has 20 heavy (non-hydrogen) atoms. The van der Waals surface area contributed by atoms with Crippen molar-refractivity contribution in [2.24, 2.45) is 5.92 Å². The van der Waals surface area contributed by atoms with Crippen LogP contribution in [0.2, 0.25) is 0 Å². The van der Waals surface area contributed by atoms with Crippen LogP contribution in [0.25, 0.3) is 0 Å². The van der Waals surface area contributed by atoms with Crippen LogP contribution < -0.4 is 5.32 Å². The van der Waals surface area contributed by atoms with Gasteiger partial charge < -0.3 is 15.2 Å². The molecule has 1 amide bonds. The molecule has 0 radical (unpaired) electrons. The van der Waals surface area contributed by atoms with Gasteiger partial charge in [-0.1, -0.05) is 28.1 Å². The third-order valence-corrected chi connectivity index (χ3v) is 4.30. The fraction of sp³-hybridized carbons (Fsp3) is 0.533. The summed E-state index contributed by atoms with van der Waals surface area (Å²) in [5.41, 5.74) is 0.789. The minimum atomic E-state index is -0.718. The van der Waals surface area contributed by atoms with E-state index in [9.17, 15) is 9.90 Å². The molecule has 4 nitrogen and oxygen atoms in total. The number of ether oxygens (including phenoxy) is 1. The lowest BCUT2D eigenvalue weighted by atomic mass is 9.99. The zero-order valence-electron chi connectivity index (χ0n) is 11.7. The van der Waals surface area contributed by atoms with Gasteiger partial charge in [-0.15, -0.1) is 0 Å². The predicted molar refractivity (Wildman–Crippen MR) is 80.2 cm³/mol. The second-order valence-electron chi connectivity index (χ2n) is 5.26. The van der Waals surface area contributed by atoms with Crippen molar-refractivity contribution in [1.82, 2.24) is 5.32 Å². The first-order valence-corrected chi connectivity index (χ1v) is 7.64. The number of aliphatic hydroxyl groups excluding tert-OH is 1. The molecule has 2 N–H and O–H groups in total. The van der Waals surface area contributed by atoms with Crippen LogP contribution in [0.3, 0.4) is 0 Å². The fourth-order valence-corrected chi connectivity index (χ4v) is 2.70. The summed E-state index contributed by atoms with van der Waals surface area (Å²) in [7, 11) is 0. The Labute approximate surface area is 127 Å². The maximum absolute atomic E-state index is 12.1. The summed E-state index contributed by atoms with van der Waals surface area (Å²) in [5.74, 6) is -0.159. The smallest absolute Gasteiger partial charge is 0.226 e. The minimum absolute atomic E-state index is 0.0429. The normalized spacial score (nSPS) is 25.2. The summed E-state index contributed by atoms with van der Waals surface area (Å²) in [6.07, 6.45) is -0.0228. The highest BCUT2D eigenvalue weighted by molar-refractivity contribution is 9.10. The molecule has 0 aliphatic carbocycles. The molecule has 0 spiro atoms. The largest absolute Gasteiger partial charge is 0.386 e. The van der Waals surface area contributed by atoms with Gasteiger partial charge >= 0.3 is 0 Å². The molecule has 0 saturated carbocycles. The van der Waals surface area contributed by atoms with Gasteiger partial charge in [0.05, 0.1) is 24.2 Å². The first-order valence-electron chi connectivity index (χ1n) is 6.84. The standard InChI is InChI=1S/C15H20BrNO3/c1-9(14(18)11-3-5-12(16)6-4-11)17-15(19)13-7-8-20-10(13)2/h3-6,9-10,13-14,18H,7-8H2,1-2H3,(H,17,19). The van der Waals surface area contributed by atoms with Gasteiger partial charge in [-0.25, -0.2) is 0 Å². The number of rotatable bonds is 4. The summed E-state index contributed by atoms with van der Waals surface area (Å²) in [6, 6.07) is 7.11. The Balaban J connectivity index is 1.95. The first kappa shape index (κ1) is 15.5. The molecule has 1 fully saturated rings. The molecule has 1 aliphatic heterocycles. The highest BCUT2D eigenvalue weighted by atomic mass is 79.9. The van der Waals surface area contributed by atoms with Gasteiger partial charge in [0.1, 0.15) is 0 Å². The average molecular weight is 342 g/mol. The van der Waals surface area contributed by atoms with E-state index in [0.717, 1.165) is 16.5 Å². The second kappa shape index (κ2) is 6.70. The van der Waals surface area contributed by atoms with Gasteiger partial charge in [0.25, 0.3) is 0 Å². The molecule has 5 heteroatoms. The molecule has 1 aromatic carbocycles. The number of carbonyl (C=O) groups is 1. The van der Waals surface area contributed by atoms with Crippen molar-refractivity contribution in [1.29, 1.82) is 0 Å². The molecule has 0 aromatic heterocycles. The maximum Gasteiger partial charge on any atom is 0.226 e. The Morgan fingerprint density at radius 2 is 2.10 bits per heavy atom. The molecule has 110 valence electrons. The third kappa shape index (κ3) is 3.59. The number of carbonyl (C=O) groups excluding carboxylic acids is 1. The molecular formula is C15H20BrNO3. The van der Waals surface area contributed by atoms with Crippen LogP contribution in [0.15, 0.2) is 28.7 Å². The van der Waals surface area contributed by atoms with E-state index in [4.69, 9.17) is 4.74 Å². The number of aliphatic hydroxyl groups is 1. The lowest BCUT2D eigenvalue weighted by Crippen LogP contribution is -2.42. The number of amides is 1. The van der Waals surface area contributed by atoms with Crippen LogP contribution >= 0.6 is 15.9 Å². The van der Waals surface area contributed by atoms with E-state index in [2.05, 4.69) is 21.2 Å². The van der Waals surface area contributed by atoms with Crippen LogP contribution in [-0.4, -0.2) is 29.8 Å². The van der Waals surface area contributed by atoms with Crippen molar-refractivity contribution in [3.8, 4) is 0 Å². The van der Waals surface area contributed by atoms with Crippen LogP contribution in [0.5, 0.6) is 0 Å². The maximum atomic E-state index is 12.1. The van der Waals surface area contributed by atoms with E-state index in [-0.39, 0.29) is 24.0 Å². The molecular weight excluding hydrogens is 322 g/mol. The highest BCUT2D eigenvalue weighted by Gasteiger charge is 2.32. The van der Waals surface area contributed by atoms with Gasteiger partial charge in [0.2, 0.25) is 5.91 Å². The fourth-order valence-electron chi connectivity index (χ4n) is 2.44. The van der Waals surface area contributed by atoms with Crippen molar-refractivity contribution < 1.29 is 14.6 Å². The summed E-state index contributed by atoms with van der Waals surface area (Å²) >= 11 is 3.36. The van der Waals surface area contributed by atoms with E-state index >= 15 is 0 Å². The zero-order valence-corrected chi connectivity index (χ0v) is 13.3. The lowest BCUT2D eigenvalue weighted by Gasteiger charge is -2.23. The van der Waals surface area contributed by atoms with Crippen LogP contribution in [0.4, 0.5) is 0 Å². The summed E-state index contributed by atoms with van der Waals surface area (Å²) in [5, 5.41) is 13.2. The minimum Gasteiger partial charge on any atom is -0.386 e. The molecule has 1 saturated heterocycles. The quantitative estimate of drug-likeness (QED) is 0.884.